The van der Waals surface area contributed by atoms with E-state index in [4.69, 9.17) is 4.74 Å². The van der Waals surface area contributed by atoms with Gasteiger partial charge in [0.1, 0.15) is 0 Å². The molecule has 1 fully saturated rings. The third-order valence-corrected chi connectivity index (χ3v) is 2.60. The lowest BCUT2D eigenvalue weighted by Gasteiger charge is -2.30. The fraction of sp³-hybridized carbons (Fsp3) is 1.00. The largest absolute Gasteiger partial charge is 0.393 e. The number of hydrogen-bond acceptors (Lipinski definition) is 2. The Hall–Kier alpha value is -0.0800. The molecule has 2 nitrogen and oxygen atoms in total. The van der Waals surface area contributed by atoms with Crippen LogP contribution in [0.5, 0.6) is 0 Å². The second-order valence-corrected chi connectivity index (χ2v) is 5.04. The van der Waals surface area contributed by atoms with E-state index in [1.165, 1.54) is 12.8 Å². The highest BCUT2D eigenvalue weighted by Gasteiger charge is 2.24. The second kappa shape index (κ2) is 4.43. The zero-order valence-corrected chi connectivity index (χ0v) is 9.05. The van der Waals surface area contributed by atoms with Gasteiger partial charge in [-0.2, -0.15) is 0 Å². The quantitative estimate of drug-likeness (QED) is 0.717. The first kappa shape index (κ1) is 11.0. The van der Waals surface area contributed by atoms with E-state index in [2.05, 4.69) is 20.8 Å². The van der Waals surface area contributed by atoms with Gasteiger partial charge < -0.3 is 9.84 Å². The molecule has 0 heterocycles. The standard InChI is InChI=1S/C11H22O2/c1-11(2,3)13-8-9-6-4-5-7-10(9)12/h9-10,12H,4-8H2,1-3H3/t9-,10+/m1/s1. The first-order chi connectivity index (χ1) is 5.99. The van der Waals surface area contributed by atoms with E-state index in [1.807, 2.05) is 0 Å². The molecule has 0 aromatic rings. The number of aliphatic hydroxyl groups excluding tert-OH is 1. The van der Waals surface area contributed by atoms with Crippen LogP contribution in [0.15, 0.2) is 0 Å². The van der Waals surface area contributed by atoms with Crippen LogP contribution in [0.2, 0.25) is 0 Å². The minimum absolute atomic E-state index is 0.0723. The van der Waals surface area contributed by atoms with Crippen LogP contribution in [-0.4, -0.2) is 23.4 Å². The Morgan fingerprint density at radius 1 is 1.23 bits per heavy atom. The number of rotatable bonds is 2. The van der Waals surface area contributed by atoms with Crippen molar-refractivity contribution < 1.29 is 9.84 Å². The van der Waals surface area contributed by atoms with Crippen LogP contribution in [-0.2, 0) is 4.74 Å². The van der Waals surface area contributed by atoms with E-state index in [-0.39, 0.29) is 11.7 Å². The maximum absolute atomic E-state index is 9.69. The van der Waals surface area contributed by atoms with Gasteiger partial charge in [0, 0.05) is 5.92 Å². The molecule has 0 radical (unpaired) electrons. The summed E-state index contributed by atoms with van der Waals surface area (Å²) in [6.45, 7) is 6.89. The summed E-state index contributed by atoms with van der Waals surface area (Å²) < 4.78 is 5.68. The minimum atomic E-state index is -0.129. The van der Waals surface area contributed by atoms with Crippen molar-refractivity contribution in [3.05, 3.63) is 0 Å². The molecule has 0 spiro atoms. The fourth-order valence-corrected chi connectivity index (χ4v) is 1.74. The van der Waals surface area contributed by atoms with Crippen molar-refractivity contribution in [1.82, 2.24) is 0 Å². The average molecular weight is 186 g/mol. The third-order valence-electron chi connectivity index (χ3n) is 2.60. The molecule has 0 bridgehead atoms. The van der Waals surface area contributed by atoms with Crippen molar-refractivity contribution in [2.75, 3.05) is 6.61 Å². The summed E-state index contributed by atoms with van der Waals surface area (Å²) in [4.78, 5) is 0. The molecule has 2 atom stereocenters. The SMILES string of the molecule is CC(C)(C)OC[C@H]1CCCC[C@@H]1O. The molecule has 1 N–H and O–H groups in total. The summed E-state index contributed by atoms with van der Waals surface area (Å²) in [6, 6.07) is 0. The molecule has 0 amide bonds. The van der Waals surface area contributed by atoms with Crippen molar-refractivity contribution in [3.63, 3.8) is 0 Å². The van der Waals surface area contributed by atoms with Gasteiger partial charge in [-0.3, -0.25) is 0 Å². The van der Waals surface area contributed by atoms with Gasteiger partial charge in [0.05, 0.1) is 18.3 Å². The number of hydrogen-bond donors (Lipinski definition) is 1. The van der Waals surface area contributed by atoms with Crippen molar-refractivity contribution in [2.45, 2.75) is 58.2 Å². The van der Waals surface area contributed by atoms with Gasteiger partial charge >= 0.3 is 0 Å². The predicted molar refractivity (Wildman–Crippen MR) is 53.7 cm³/mol. The van der Waals surface area contributed by atoms with Crippen LogP contribution < -0.4 is 0 Å². The van der Waals surface area contributed by atoms with E-state index in [0.717, 1.165) is 12.8 Å². The maximum Gasteiger partial charge on any atom is 0.0598 e. The highest BCUT2D eigenvalue weighted by molar-refractivity contribution is 4.75. The Morgan fingerprint density at radius 3 is 2.38 bits per heavy atom. The molecule has 0 aromatic heterocycles. The normalized spacial score (nSPS) is 30.5. The van der Waals surface area contributed by atoms with E-state index in [1.54, 1.807) is 0 Å². The molecule has 0 aromatic carbocycles. The zero-order valence-electron chi connectivity index (χ0n) is 9.05. The third kappa shape index (κ3) is 4.10. The van der Waals surface area contributed by atoms with Gasteiger partial charge in [0.15, 0.2) is 0 Å². The summed E-state index contributed by atoms with van der Waals surface area (Å²) in [5.74, 6) is 0.368. The van der Waals surface area contributed by atoms with E-state index in [0.29, 0.717) is 12.5 Å². The van der Waals surface area contributed by atoms with Crippen molar-refractivity contribution in [2.24, 2.45) is 5.92 Å². The molecule has 1 aliphatic rings. The molecule has 1 aliphatic carbocycles. The zero-order chi connectivity index (χ0) is 9.90. The summed E-state index contributed by atoms with van der Waals surface area (Å²) in [5, 5.41) is 9.69. The Labute approximate surface area is 81.3 Å². The predicted octanol–water partition coefficient (Wildman–Crippen LogP) is 2.35. The van der Waals surface area contributed by atoms with Crippen LogP contribution >= 0.6 is 0 Å². The topological polar surface area (TPSA) is 29.5 Å². The molecule has 2 heteroatoms. The molecule has 1 saturated carbocycles. The van der Waals surface area contributed by atoms with E-state index in [9.17, 15) is 5.11 Å². The first-order valence-electron chi connectivity index (χ1n) is 5.31. The highest BCUT2D eigenvalue weighted by Crippen LogP contribution is 2.25. The lowest BCUT2D eigenvalue weighted by Crippen LogP contribution is -2.32. The first-order valence-corrected chi connectivity index (χ1v) is 5.31. The van der Waals surface area contributed by atoms with Crippen molar-refractivity contribution in [1.29, 1.82) is 0 Å². The minimum Gasteiger partial charge on any atom is -0.393 e. The summed E-state index contributed by atoms with van der Waals surface area (Å²) in [6.07, 6.45) is 4.37. The lowest BCUT2D eigenvalue weighted by molar-refractivity contribution is -0.0579. The molecule has 1 rings (SSSR count). The van der Waals surface area contributed by atoms with Crippen LogP contribution in [0.25, 0.3) is 0 Å². The molecule has 0 saturated heterocycles. The smallest absolute Gasteiger partial charge is 0.0598 e. The van der Waals surface area contributed by atoms with Gasteiger partial charge in [-0.05, 0) is 33.6 Å². The lowest BCUT2D eigenvalue weighted by atomic mass is 9.87. The van der Waals surface area contributed by atoms with Crippen molar-refractivity contribution in [3.8, 4) is 0 Å². The van der Waals surface area contributed by atoms with Crippen LogP contribution in [0.4, 0.5) is 0 Å². The fourth-order valence-electron chi connectivity index (χ4n) is 1.74. The Morgan fingerprint density at radius 2 is 1.85 bits per heavy atom. The monoisotopic (exact) mass is 186 g/mol. The average Bonchev–Trinajstić information content (AvgIpc) is 2.01. The van der Waals surface area contributed by atoms with Gasteiger partial charge in [-0.15, -0.1) is 0 Å². The second-order valence-electron chi connectivity index (χ2n) is 5.04. The summed E-state index contributed by atoms with van der Waals surface area (Å²) in [7, 11) is 0. The van der Waals surface area contributed by atoms with Gasteiger partial charge in [0.25, 0.3) is 0 Å². The number of aliphatic hydroxyl groups is 1. The maximum atomic E-state index is 9.69. The highest BCUT2D eigenvalue weighted by atomic mass is 16.5. The molecule has 0 unspecified atom stereocenters. The molecular formula is C11H22O2. The van der Waals surface area contributed by atoms with E-state index >= 15 is 0 Å². The Balaban J connectivity index is 2.27. The summed E-state index contributed by atoms with van der Waals surface area (Å²) in [5.41, 5.74) is -0.0723. The van der Waals surface area contributed by atoms with Gasteiger partial charge in [-0.1, -0.05) is 12.8 Å². The van der Waals surface area contributed by atoms with Crippen LogP contribution in [0.3, 0.4) is 0 Å². The Kier molecular flexibility index (Phi) is 3.74. The van der Waals surface area contributed by atoms with Gasteiger partial charge in [0.2, 0.25) is 0 Å². The molecule has 0 aliphatic heterocycles. The molecule has 13 heavy (non-hydrogen) atoms. The number of ether oxygens (including phenoxy) is 1. The van der Waals surface area contributed by atoms with Gasteiger partial charge in [-0.25, -0.2) is 0 Å². The Bertz CT molecular complexity index is 149. The van der Waals surface area contributed by atoms with E-state index < -0.39 is 0 Å². The molecule has 78 valence electrons. The van der Waals surface area contributed by atoms with Crippen molar-refractivity contribution >= 4 is 0 Å². The van der Waals surface area contributed by atoms with Crippen LogP contribution in [0, 0.1) is 5.92 Å². The van der Waals surface area contributed by atoms with Crippen LogP contribution in [0.1, 0.15) is 46.5 Å². The molecular weight excluding hydrogens is 164 g/mol. The summed E-state index contributed by atoms with van der Waals surface area (Å²) >= 11 is 0.